The van der Waals surface area contributed by atoms with Crippen molar-refractivity contribution in [1.82, 2.24) is 0 Å². The smallest absolute Gasteiger partial charge is 0.311 e. The van der Waals surface area contributed by atoms with E-state index in [2.05, 4.69) is 5.32 Å². The lowest BCUT2D eigenvalue weighted by Gasteiger charge is -2.15. The number of hydrogen-bond acceptors (Lipinski definition) is 3. The quantitative estimate of drug-likeness (QED) is 0.645. The molecule has 3 aromatic carbocycles. The topological polar surface area (TPSA) is 55.4 Å². The van der Waals surface area contributed by atoms with E-state index < -0.39 is 23.8 Å². The Labute approximate surface area is 160 Å². The van der Waals surface area contributed by atoms with Gasteiger partial charge < -0.3 is 10.1 Å². The molecule has 6 heteroatoms. The molecule has 138 valence electrons. The monoisotopic (exact) mass is 385 g/mol. The maximum atomic E-state index is 13.8. The van der Waals surface area contributed by atoms with E-state index in [0.717, 1.165) is 10.8 Å². The second-order valence-electron chi connectivity index (χ2n) is 6.03. The number of rotatable bonds is 5. The van der Waals surface area contributed by atoms with E-state index in [1.807, 2.05) is 36.4 Å². The van der Waals surface area contributed by atoms with Crippen LogP contribution in [0.1, 0.15) is 12.5 Å². The molecule has 3 aromatic rings. The minimum absolute atomic E-state index is 0.0471. The Kier molecular flexibility index (Phi) is 5.72. The highest BCUT2D eigenvalue weighted by molar-refractivity contribution is 6.31. The summed E-state index contributed by atoms with van der Waals surface area (Å²) in [6.45, 7) is 1.46. The normalized spacial score (nSPS) is 11.8. The molecule has 0 radical (unpaired) electrons. The molecule has 0 aliphatic carbocycles. The van der Waals surface area contributed by atoms with Crippen LogP contribution in [0.4, 0.5) is 10.1 Å². The first-order valence-electron chi connectivity index (χ1n) is 8.36. The van der Waals surface area contributed by atoms with Crippen LogP contribution in [0.15, 0.2) is 60.7 Å². The van der Waals surface area contributed by atoms with Crippen LogP contribution in [-0.4, -0.2) is 18.0 Å². The average molecular weight is 386 g/mol. The number of carbonyl (C=O) groups excluding carboxylic acids is 2. The lowest BCUT2D eigenvalue weighted by atomic mass is 10.1. The molecule has 0 saturated carbocycles. The van der Waals surface area contributed by atoms with Crippen LogP contribution in [0.25, 0.3) is 10.8 Å². The van der Waals surface area contributed by atoms with Crippen LogP contribution in [0, 0.1) is 5.82 Å². The van der Waals surface area contributed by atoms with Crippen molar-refractivity contribution in [2.75, 3.05) is 5.32 Å². The van der Waals surface area contributed by atoms with E-state index in [-0.39, 0.29) is 17.0 Å². The second kappa shape index (κ2) is 8.18. The lowest BCUT2D eigenvalue weighted by Crippen LogP contribution is -2.30. The van der Waals surface area contributed by atoms with Crippen LogP contribution in [-0.2, 0) is 20.7 Å². The summed E-state index contributed by atoms with van der Waals surface area (Å²) in [6, 6.07) is 17.3. The van der Waals surface area contributed by atoms with Crippen molar-refractivity contribution >= 4 is 39.9 Å². The van der Waals surface area contributed by atoms with Crippen molar-refractivity contribution < 1.29 is 18.7 Å². The maximum absolute atomic E-state index is 13.8. The van der Waals surface area contributed by atoms with Crippen molar-refractivity contribution in [1.29, 1.82) is 0 Å². The van der Waals surface area contributed by atoms with E-state index in [1.165, 1.54) is 25.1 Å². The molecule has 0 aliphatic rings. The highest BCUT2D eigenvalue weighted by atomic mass is 35.5. The van der Waals surface area contributed by atoms with E-state index in [1.54, 1.807) is 6.07 Å². The largest absolute Gasteiger partial charge is 0.452 e. The van der Waals surface area contributed by atoms with Gasteiger partial charge in [-0.05, 0) is 30.5 Å². The molecule has 0 aliphatic heterocycles. The first-order chi connectivity index (χ1) is 13.0. The molecule has 0 aromatic heterocycles. The van der Waals surface area contributed by atoms with Crippen molar-refractivity contribution in [3.05, 3.63) is 77.1 Å². The van der Waals surface area contributed by atoms with Gasteiger partial charge in [0.2, 0.25) is 0 Å². The van der Waals surface area contributed by atoms with Crippen LogP contribution in [0.3, 0.4) is 0 Å². The predicted octanol–water partition coefficient (Wildman–Crippen LogP) is 4.75. The Morgan fingerprint density at radius 1 is 1.07 bits per heavy atom. The van der Waals surface area contributed by atoms with Crippen LogP contribution in [0.2, 0.25) is 5.02 Å². The molecular weight excluding hydrogens is 369 g/mol. The van der Waals surface area contributed by atoms with Gasteiger partial charge in [0, 0.05) is 21.7 Å². The molecule has 0 bridgehead atoms. The fourth-order valence-corrected chi connectivity index (χ4v) is 2.94. The Hall–Kier alpha value is -2.92. The minimum Gasteiger partial charge on any atom is -0.452 e. The third-order valence-electron chi connectivity index (χ3n) is 4.11. The molecule has 1 atom stereocenters. The first kappa shape index (κ1) is 18.9. The van der Waals surface area contributed by atoms with Crippen LogP contribution < -0.4 is 5.32 Å². The third-order valence-corrected chi connectivity index (χ3v) is 4.46. The fourth-order valence-electron chi connectivity index (χ4n) is 2.71. The highest BCUT2D eigenvalue weighted by Gasteiger charge is 2.20. The van der Waals surface area contributed by atoms with Gasteiger partial charge in [-0.3, -0.25) is 9.59 Å². The summed E-state index contributed by atoms with van der Waals surface area (Å²) in [5, 5.41) is 4.76. The number of esters is 1. The number of halogens is 2. The van der Waals surface area contributed by atoms with Crippen molar-refractivity contribution in [2.45, 2.75) is 19.4 Å². The molecule has 0 spiro atoms. The molecule has 3 rings (SSSR count). The number of amides is 1. The lowest BCUT2D eigenvalue weighted by molar-refractivity contribution is -0.152. The first-order valence-corrected chi connectivity index (χ1v) is 8.74. The number of benzene rings is 3. The number of nitrogens with one attached hydrogen (secondary N) is 1. The summed E-state index contributed by atoms with van der Waals surface area (Å²) in [6.07, 6.45) is -1.39. The molecule has 1 amide bonds. The standard InChI is InChI=1S/C21H17ClFNO3/c1-13(27-20(25)12-16-17(22)9-5-10-18(16)23)21(26)24-19-11-4-7-14-6-2-3-8-15(14)19/h2-11,13H,12H2,1H3,(H,24,26)/t13-/m0/s1. The minimum atomic E-state index is -1.04. The number of ether oxygens (including phenoxy) is 1. The van der Waals surface area contributed by atoms with E-state index in [9.17, 15) is 14.0 Å². The summed E-state index contributed by atoms with van der Waals surface area (Å²) >= 11 is 5.91. The number of carbonyl (C=O) groups is 2. The number of hydrogen-bond donors (Lipinski definition) is 1. The van der Waals surface area contributed by atoms with Crippen LogP contribution >= 0.6 is 11.6 Å². The molecular formula is C21H17ClFNO3. The van der Waals surface area contributed by atoms with Crippen LogP contribution in [0.5, 0.6) is 0 Å². The Morgan fingerprint density at radius 3 is 2.56 bits per heavy atom. The van der Waals surface area contributed by atoms with Gasteiger partial charge in [-0.25, -0.2) is 4.39 Å². The third kappa shape index (κ3) is 4.44. The van der Waals surface area contributed by atoms with Gasteiger partial charge in [-0.2, -0.15) is 0 Å². The van der Waals surface area contributed by atoms with E-state index >= 15 is 0 Å². The van der Waals surface area contributed by atoms with E-state index in [0.29, 0.717) is 5.69 Å². The van der Waals surface area contributed by atoms with Gasteiger partial charge in [0.1, 0.15) is 5.82 Å². The Bertz CT molecular complexity index is 980. The summed E-state index contributed by atoms with van der Waals surface area (Å²) < 4.78 is 18.9. The zero-order valence-electron chi connectivity index (χ0n) is 14.5. The molecule has 0 fully saturated rings. The van der Waals surface area contributed by atoms with E-state index in [4.69, 9.17) is 16.3 Å². The van der Waals surface area contributed by atoms with Gasteiger partial charge >= 0.3 is 5.97 Å². The van der Waals surface area contributed by atoms with Gasteiger partial charge in [-0.15, -0.1) is 0 Å². The molecule has 27 heavy (non-hydrogen) atoms. The molecule has 0 saturated heterocycles. The molecule has 0 heterocycles. The Morgan fingerprint density at radius 2 is 1.78 bits per heavy atom. The predicted molar refractivity (Wildman–Crippen MR) is 103 cm³/mol. The fraction of sp³-hybridized carbons (Fsp3) is 0.143. The summed E-state index contributed by atoms with van der Waals surface area (Å²) in [7, 11) is 0. The van der Waals surface area contributed by atoms with Crippen molar-refractivity contribution in [3.63, 3.8) is 0 Å². The molecule has 4 nitrogen and oxygen atoms in total. The summed E-state index contributed by atoms with van der Waals surface area (Å²) in [4.78, 5) is 24.5. The Balaban J connectivity index is 1.66. The summed E-state index contributed by atoms with van der Waals surface area (Å²) in [5.74, 6) is -1.80. The zero-order chi connectivity index (χ0) is 19.4. The second-order valence-corrected chi connectivity index (χ2v) is 6.43. The maximum Gasteiger partial charge on any atom is 0.311 e. The van der Waals surface area contributed by atoms with Gasteiger partial charge in [-0.1, -0.05) is 54.1 Å². The SMILES string of the molecule is C[C@H](OC(=O)Cc1c(F)cccc1Cl)C(=O)Nc1cccc2ccccc12. The zero-order valence-corrected chi connectivity index (χ0v) is 15.3. The highest BCUT2D eigenvalue weighted by Crippen LogP contribution is 2.23. The van der Waals surface area contributed by atoms with Gasteiger partial charge in [0.05, 0.1) is 6.42 Å². The van der Waals surface area contributed by atoms with Gasteiger partial charge in [0.15, 0.2) is 6.10 Å². The summed E-state index contributed by atoms with van der Waals surface area (Å²) in [5.41, 5.74) is 0.670. The number of anilines is 1. The van der Waals surface area contributed by atoms with Gasteiger partial charge in [0.25, 0.3) is 5.91 Å². The number of fused-ring (bicyclic) bond motifs is 1. The van der Waals surface area contributed by atoms with Crippen molar-refractivity contribution in [3.8, 4) is 0 Å². The molecule has 0 unspecified atom stereocenters. The molecule has 1 N–H and O–H groups in total. The average Bonchev–Trinajstić information content (AvgIpc) is 2.65. The van der Waals surface area contributed by atoms with Crippen molar-refractivity contribution in [2.24, 2.45) is 0 Å².